The molecule has 3 N–H and O–H groups in total. The van der Waals surface area contributed by atoms with E-state index in [0.29, 0.717) is 19.1 Å². The minimum atomic E-state index is 0.0837. The molecule has 1 heterocycles. The number of nitrogens with one attached hydrogen (secondary N) is 1. The molecule has 1 aliphatic rings. The molecule has 0 unspecified atom stereocenters. The van der Waals surface area contributed by atoms with Crippen LogP contribution in [0.1, 0.15) is 18.4 Å². The normalized spacial score (nSPS) is 16.7. The van der Waals surface area contributed by atoms with Crippen LogP contribution in [0.2, 0.25) is 0 Å². The Labute approximate surface area is 126 Å². The summed E-state index contributed by atoms with van der Waals surface area (Å²) in [5.41, 5.74) is 6.98. The average Bonchev–Trinajstić information content (AvgIpc) is 2.50. The molecule has 5 nitrogen and oxygen atoms in total. The van der Waals surface area contributed by atoms with Crippen LogP contribution in [0, 0.1) is 0 Å². The second-order valence-electron chi connectivity index (χ2n) is 5.53. The maximum atomic E-state index is 11.9. The molecule has 21 heavy (non-hydrogen) atoms. The van der Waals surface area contributed by atoms with Crippen molar-refractivity contribution in [2.24, 2.45) is 5.73 Å². The van der Waals surface area contributed by atoms with Crippen molar-refractivity contribution in [3.05, 3.63) is 29.8 Å². The van der Waals surface area contributed by atoms with Crippen LogP contribution in [0.25, 0.3) is 0 Å². The molecule has 0 spiro atoms. The molecule has 0 atom stereocenters. The topological polar surface area (TPSA) is 67.6 Å². The van der Waals surface area contributed by atoms with Gasteiger partial charge in [-0.2, -0.15) is 0 Å². The van der Waals surface area contributed by atoms with Crippen LogP contribution >= 0.6 is 0 Å². The molecule has 1 amide bonds. The first kappa shape index (κ1) is 15.8. The molecule has 1 aromatic rings. The number of hydrogen-bond acceptors (Lipinski definition) is 4. The molecule has 0 radical (unpaired) electrons. The summed E-state index contributed by atoms with van der Waals surface area (Å²) in [6, 6.07) is 8.19. The van der Waals surface area contributed by atoms with E-state index in [0.717, 1.165) is 43.7 Å². The van der Waals surface area contributed by atoms with E-state index in [1.807, 2.05) is 24.3 Å². The minimum absolute atomic E-state index is 0.0837. The first-order valence-electron chi connectivity index (χ1n) is 7.55. The van der Waals surface area contributed by atoms with Crippen LogP contribution in [0.5, 0.6) is 5.75 Å². The molecule has 1 fully saturated rings. The molecule has 0 saturated carbocycles. The van der Waals surface area contributed by atoms with Crippen LogP contribution in [0.3, 0.4) is 0 Å². The van der Waals surface area contributed by atoms with Crippen molar-refractivity contribution in [3.8, 4) is 5.75 Å². The molecule has 2 rings (SSSR count). The van der Waals surface area contributed by atoms with Gasteiger partial charge in [-0.1, -0.05) is 18.2 Å². The summed E-state index contributed by atoms with van der Waals surface area (Å²) in [5, 5.41) is 2.97. The predicted molar refractivity (Wildman–Crippen MR) is 83.4 cm³/mol. The first-order valence-corrected chi connectivity index (χ1v) is 7.55. The van der Waals surface area contributed by atoms with Gasteiger partial charge in [0, 0.05) is 25.7 Å². The molecule has 5 heteroatoms. The quantitative estimate of drug-likeness (QED) is 0.813. The zero-order valence-corrected chi connectivity index (χ0v) is 12.7. The number of nitrogens with zero attached hydrogens (tertiary/aromatic N) is 1. The van der Waals surface area contributed by atoms with Gasteiger partial charge in [-0.25, -0.2) is 0 Å². The largest absolute Gasteiger partial charge is 0.496 e. The first-order chi connectivity index (χ1) is 10.2. The molecule has 0 aliphatic carbocycles. The highest BCUT2D eigenvalue weighted by Crippen LogP contribution is 2.17. The predicted octanol–water partition coefficient (Wildman–Crippen LogP) is 0.777. The van der Waals surface area contributed by atoms with Crippen LogP contribution in [0.4, 0.5) is 0 Å². The van der Waals surface area contributed by atoms with Gasteiger partial charge in [-0.05, 0) is 30.9 Å². The van der Waals surface area contributed by atoms with E-state index in [9.17, 15) is 4.79 Å². The fraction of sp³-hybridized carbons (Fsp3) is 0.562. The number of methoxy groups -OCH3 is 1. The number of nitrogens with two attached hydrogens (primary N) is 1. The molecule has 0 aromatic heterocycles. The molecular formula is C16H25N3O2. The third-order valence-electron chi connectivity index (χ3n) is 3.91. The number of carbonyl (C=O) groups is 1. The van der Waals surface area contributed by atoms with E-state index in [1.54, 1.807) is 7.11 Å². The van der Waals surface area contributed by atoms with E-state index in [4.69, 9.17) is 10.5 Å². The van der Waals surface area contributed by atoms with Crippen molar-refractivity contribution in [3.63, 3.8) is 0 Å². The number of para-hydroxylation sites is 1. The van der Waals surface area contributed by atoms with Gasteiger partial charge < -0.3 is 15.8 Å². The second kappa shape index (κ2) is 8.00. The number of ether oxygens (including phenoxy) is 1. The number of piperidine rings is 1. The molecule has 1 aromatic carbocycles. The van der Waals surface area contributed by atoms with Crippen molar-refractivity contribution in [1.29, 1.82) is 0 Å². The van der Waals surface area contributed by atoms with Gasteiger partial charge in [0.15, 0.2) is 0 Å². The Hall–Kier alpha value is -1.59. The Kier molecular flexibility index (Phi) is 6.02. The fourth-order valence-electron chi connectivity index (χ4n) is 2.62. The molecule has 1 aliphatic heterocycles. The highest BCUT2D eigenvalue weighted by molar-refractivity contribution is 5.78. The Bertz CT molecular complexity index is 457. The van der Waals surface area contributed by atoms with Crippen LogP contribution < -0.4 is 15.8 Å². The standard InChI is InChI=1S/C16H25N3O2/c1-21-15-5-3-2-4-13(15)6-9-18-16(20)12-19-10-7-14(17)8-11-19/h2-5,14H,6-12,17H2,1H3,(H,18,20). The zero-order chi connectivity index (χ0) is 15.1. The Balaban J connectivity index is 1.69. The van der Waals surface area contributed by atoms with Gasteiger partial charge >= 0.3 is 0 Å². The van der Waals surface area contributed by atoms with E-state index in [2.05, 4.69) is 10.2 Å². The van der Waals surface area contributed by atoms with E-state index < -0.39 is 0 Å². The van der Waals surface area contributed by atoms with Gasteiger partial charge in [0.05, 0.1) is 13.7 Å². The third kappa shape index (κ3) is 5.02. The second-order valence-corrected chi connectivity index (χ2v) is 5.53. The SMILES string of the molecule is COc1ccccc1CCNC(=O)CN1CCC(N)CC1. The molecular weight excluding hydrogens is 266 g/mol. The summed E-state index contributed by atoms with van der Waals surface area (Å²) in [6.45, 7) is 2.94. The van der Waals surface area contributed by atoms with Crippen molar-refractivity contribution in [1.82, 2.24) is 10.2 Å². The summed E-state index contributed by atoms with van der Waals surface area (Å²) in [7, 11) is 1.67. The highest BCUT2D eigenvalue weighted by atomic mass is 16.5. The van der Waals surface area contributed by atoms with Crippen LogP contribution in [0.15, 0.2) is 24.3 Å². The molecule has 116 valence electrons. The van der Waals surface area contributed by atoms with Gasteiger partial charge in [0.2, 0.25) is 5.91 Å². The molecule has 1 saturated heterocycles. The van der Waals surface area contributed by atoms with Gasteiger partial charge in [0.25, 0.3) is 0 Å². The number of amides is 1. The number of benzene rings is 1. The van der Waals surface area contributed by atoms with Gasteiger partial charge in [0.1, 0.15) is 5.75 Å². The Morgan fingerprint density at radius 3 is 2.81 bits per heavy atom. The number of hydrogen-bond donors (Lipinski definition) is 2. The van der Waals surface area contributed by atoms with Crippen LogP contribution in [-0.2, 0) is 11.2 Å². The lowest BCUT2D eigenvalue weighted by Crippen LogP contribution is -2.44. The average molecular weight is 291 g/mol. The minimum Gasteiger partial charge on any atom is -0.496 e. The zero-order valence-electron chi connectivity index (χ0n) is 12.7. The maximum Gasteiger partial charge on any atom is 0.234 e. The van der Waals surface area contributed by atoms with Gasteiger partial charge in [-0.15, -0.1) is 0 Å². The highest BCUT2D eigenvalue weighted by Gasteiger charge is 2.17. The van der Waals surface area contributed by atoms with E-state index >= 15 is 0 Å². The van der Waals surface area contributed by atoms with E-state index in [-0.39, 0.29) is 5.91 Å². The Morgan fingerprint density at radius 2 is 2.10 bits per heavy atom. The number of rotatable bonds is 6. The van der Waals surface area contributed by atoms with Crippen molar-refractivity contribution >= 4 is 5.91 Å². The van der Waals surface area contributed by atoms with Crippen molar-refractivity contribution < 1.29 is 9.53 Å². The maximum absolute atomic E-state index is 11.9. The summed E-state index contributed by atoms with van der Waals surface area (Å²) < 4.78 is 5.30. The lowest BCUT2D eigenvalue weighted by Gasteiger charge is -2.29. The summed E-state index contributed by atoms with van der Waals surface area (Å²) in [6.07, 6.45) is 2.74. The number of carbonyl (C=O) groups excluding carboxylic acids is 1. The Morgan fingerprint density at radius 1 is 1.38 bits per heavy atom. The lowest BCUT2D eigenvalue weighted by atomic mass is 10.1. The summed E-state index contributed by atoms with van der Waals surface area (Å²) in [4.78, 5) is 14.1. The summed E-state index contributed by atoms with van der Waals surface area (Å²) >= 11 is 0. The van der Waals surface area contributed by atoms with Crippen molar-refractivity contribution in [2.45, 2.75) is 25.3 Å². The molecule has 0 bridgehead atoms. The van der Waals surface area contributed by atoms with Crippen molar-refractivity contribution in [2.75, 3.05) is 33.3 Å². The number of likely N-dealkylation sites (tertiary alicyclic amines) is 1. The van der Waals surface area contributed by atoms with E-state index in [1.165, 1.54) is 0 Å². The summed E-state index contributed by atoms with van der Waals surface area (Å²) in [5.74, 6) is 0.956. The van der Waals surface area contributed by atoms with Gasteiger partial charge in [-0.3, -0.25) is 9.69 Å². The smallest absolute Gasteiger partial charge is 0.234 e. The monoisotopic (exact) mass is 291 g/mol. The van der Waals surface area contributed by atoms with Crippen LogP contribution in [-0.4, -0.2) is 50.1 Å². The lowest BCUT2D eigenvalue weighted by molar-refractivity contribution is -0.122. The third-order valence-corrected chi connectivity index (χ3v) is 3.91. The fourth-order valence-corrected chi connectivity index (χ4v) is 2.62.